The molecule has 0 unspecified atom stereocenters. The maximum atomic E-state index is 13.5. The molecule has 0 atom stereocenters. The predicted molar refractivity (Wildman–Crippen MR) is 89.8 cm³/mol. The van der Waals surface area contributed by atoms with E-state index in [1.807, 2.05) is 0 Å². The molecule has 1 heterocycles. The smallest absolute Gasteiger partial charge is 0.276 e. The Morgan fingerprint density at radius 2 is 1.92 bits per heavy atom. The lowest BCUT2D eigenvalue weighted by molar-refractivity contribution is -0.384. The number of nitro groups is 1. The number of hydrogen-bond donors (Lipinski definition) is 2. The van der Waals surface area contributed by atoms with Crippen LogP contribution >= 0.6 is 22.6 Å². The highest BCUT2D eigenvalue weighted by molar-refractivity contribution is 14.1. The Hall–Kier alpha value is -2.63. The Kier molecular flexibility index (Phi) is 4.13. The number of nitro benzene ring substituents is 1. The molecule has 2 N–H and O–H groups in total. The molecule has 7 nitrogen and oxygen atoms in total. The average molecular weight is 444 g/mol. The summed E-state index contributed by atoms with van der Waals surface area (Å²) in [6.07, 6.45) is 0. The average Bonchev–Trinajstić information content (AvgIpc) is 2.95. The molecule has 3 aromatic rings. The topological polar surface area (TPSA) is 101 Å². The Balaban J connectivity index is 1.97. The third-order valence-electron chi connectivity index (χ3n) is 3.21. The number of nitrogens with one attached hydrogen (secondary N) is 2. The van der Waals surface area contributed by atoms with Crippen molar-refractivity contribution in [3.63, 3.8) is 0 Å². The van der Waals surface area contributed by atoms with E-state index < -0.39 is 22.5 Å². The number of amides is 1. The van der Waals surface area contributed by atoms with Gasteiger partial charge in [0.05, 0.1) is 14.0 Å². The standard InChI is InChI=1S/C14H7F2IN4O3/c15-9-3-6(4-10(16)12(9)17)18-14(22)13-8-5-7(21(23)24)1-2-11(8)19-20-13/h1-5H,(H,18,22)(H,19,20). The molecule has 2 aromatic carbocycles. The van der Waals surface area contributed by atoms with E-state index >= 15 is 0 Å². The Morgan fingerprint density at radius 1 is 1.25 bits per heavy atom. The first kappa shape index (κ1) is 16.2. The van der Waals surface area contributed by atoms with Crippen LogP contribution < -0.4 is 5.32 Å². The van der Waals surface area contributed by atoms with Crippen molar-refractivity contribution in [2.75, 3.05) is 5.32 Å². The van der Waals surface area contributed by atoms with Gasteiger partial charge in [0, 0.05) is 23.2 Å². The van der Waals surface area contributed by atoms with Crippen LogP contribution in [-0.4, -0.2) is 21.0 Å². The number of non-ortho nitro benzene ring substituents is 1. The first-order valence-electron chi connectivity index (χ1n) is 6.45. The van der Waals surface area contributed by atoms with Crippen LogP contribution in [-0.2, 0) is 0 Å². The molecular weight excluding hydrogens is 437 g/mol. The molecule has 3 rings (SSSR count). The van der Waals surface area contributed by atoms with Crippen LogP contribution in [0.2, 0.25) is 0 Å². The number of carbonyl (C=O) groups excluding carboxylic acids is 1. The lowest BCUT2D eigenvalue weighted by Crippen LogP contribution is -2.13. The van der Waals surface area contributed by atoms with Crippen LogP contribution in [0.3, 0.4) is 0 Å². The number of aromatic amines is 1. The van der Waals surface area contributed by atoms with Gasteiger partial charge in [0.25, 0.3) is 11.6 Å². The van der Waals surface area contributed by atoms with Crippen LogP contribution in [0.15, 0.2) is 30.3 Å². The maximum absolute atomic E-state index is 13.5. The van der Waals surface area contributed by atoms with Gasteiger partial charge in [0.15, 0.2) is 5.69 Å². The van der Waals surface area contributed by atoms with Gasteiger partial charge in [0.2, 0.25) is 0 Å². The molecule has 24 heavy (non-hydrogen) atoms. The number of carbonyl (C=O) groups is 1. The minimum atomic E-state index is -0.812. The number of halogens is 3. The summed E-state index contributed by atoms with van der Waals surface area (Å²) in [7, 11) is 0. The predicted octanol–water partition coefficient (Wildman–Crippen LogP) is 3.61. The van der Waals surface area contributed by atoms with Crippen molar-refractivity contribution < 1.29 is 18.5 Å². The summed E-state index contributed by atoms with van der Waals surface area (Å²) in [4.78, 5) is 22.5. The van der Waals surface area contributed by atoms with E-state index in [0.717, 1.165) is 12.1 Å². The number of hydrogen-bond acceptors (Lipinski definition) is 4. The number of fused-ring (bicyclic) bond motifs is 1. The van der Waals surface area contributed by atoms with Crippen molar-refractivity contribution in [2.45, 2.75) is 0 Å². The van der Waals surface area contributed by atoms with Gasteiger partial charge in [-0.3, -0.25) is 20.0 Å². The molecule has 10 heteroatoms. The second kappa shape index (κ2) is 6.11. The van der Waals surface area contributed by atoms with E-state index in [1.165, 1.54) is 40.8 Å². The summed E-state index contributed by atoms with van der Waals surface area (Å²) in [5.74, 6) is -2.37. The minimum Gasteiger partial charge on any atom is -0.320 e. The molecule has 0 aliphatic carbocycles. The van der Waals surface area contributed by atoms with Crippen LogP contribution in [0.1, 0.15) is 10.5 Å². The van der Waals surface area contributed by atoms with Crippen molar-refractivity contribution in [1.29, 1.82) is 0 Å². The van der Waals surface area contributed by atoms with Gasteiger partial charge in [-0.25, -0.2) is 8.78 Å². The van der Waals surface area contributed by atoms with Crippen molar-refractivity contribution in [1.82, 2.24) is 10.2 Å². The molecule has 0 saturated carbocycles. The lowest BCUT2D eigenvalue weighted by Gasteiger charge is -2.05. The van der Waals surface area contributed by atoms with E-state index in [9.17, 15) is 23.7 Å². The fourth-order valence-corrected chi connectivity index (χ4v) is 2.42. The van der Waals surface area contributed by atoms with E-state index in [1.54, 1.807) is 0 Å². The van der Waals surface area contributed by atoms with Gasteiger partial charge in [-0.1, -0.05) is 0 Å². The number of H-pyrrole nitrogens is 1. The Morgan fingerprint density at radius 3 is 2.54 bits per heavy atom. The van der Waals surface area contributed by atoms with E-state index in [0.29, 0.717) is 5.52 Å². The summed E-state index contributed by atoms with van der Waals surface area (Å²) in [6, 6.07) is 5.83. The summed E-state index contributed by atoms with van der Waals surface area (Å²) in [5.41, 5.74) is 0.0140. The molecule has 0 fully saturated rings. The fourth-order valence-electron chi connectivity index (χ4n) is 2.11. The fraction of sp³-hybridized carbons (Fsp3) is 0. The van der Waals surface area contributed by atoms with Gasteiger partial charge in [-0.05, 0) is 40.8 Å². The number of benzene rings is 2. The number of rotatable bonds is 3. The summed E-state index contributed by atoms with van der Waals surface area (Å²) >= 11 is 1.51. The zero-order chi connectivity index (χ0) is 17.4. The van der Waals surface area contributed by atoms with Gasteiger partial charge >= 0.3 is 0 Å². The number of nitrogens with zero attached hydrogens (tertiary/aromatic N) is 2. The zero-order valence-electron chi connectivity index (χ0n) is 11.6. The largest absolute Gasteiger partial charge is 0.320 e. The monoisotopic (exact) mass is 444 g/mol. The van der Waals surface area contributed by atoms with Gasteiger partial charge in [-0.15, -0.1) is 0 Å². The molecule has 0 bridgehead atoms. The van der Waals surface area contributed by atoms with Gasteiger partial charge in [0.1, 0.15) is 11.6 Å². The van der Waals surface area contributed by atoms with Crippen molar-refractivity contribution in [2.24, 2.45) is 0 Å². The quantitative estimate of drug-likeness (QED) is 0.279. The highest BCUT2D eigenvalue weighted by atomic mass is 127. The van der Waals surface area contributed by atoms with Crippen LogP contribution in [0.5, 0.6) is 0 Å². The van der Waals surface area contributed by atoms with Crippen molar-refractivity contribution in [3.8, 4) is 0 Å². The molecular formula is C14H7F2IN4O3. The van der Waals surface area contributed by atoms with Crippen LogP contribution in [0.25, 0.3) is 10.9 Å². The first-order chi connectivity index (χ1) is 11.4. The molecule has 0 saturated heterocycles. The highest BCUT2D eigenvalue weighted by Crippen LogP contribution is 2.24. The summed E-state index contributed by atoms with van der Waals surface area (Å²) < 4.78 is 26.9. The first-order valence-corrected chi connectivity index (χ1v) is 7.53. The maximum Gasteiger partial charge on any atom is 0.276 e. The summed E-state index contributed by atoms with van der Waals surface area (Å²) in [5, 5.41) is 19.8. The van der Waals surface area contributed by atoms with E-state index in [2.05, 4.69) is 15.5 Å². The molecule has 1 amide bonds. The van der Waals surface area contributed by atoms with E-state index in [4.69, 9.17) is 0 Å². The molecule has 0 spiro atoms. The highest BCUT2D eigenvalue weighted by Gasteiger charge is 2.18. The second-order valence-corrected chi connectivity index (χ2v) is 5.85. The van der Waals surface area contributed by atoms with Crippen LogP contribution in [0, 0.1) is 25.3 Å². The van der Waals surface area contributed by atoms with Crippen molar-refractivity contribution in [3.05, 3.63) is 61.3 Å². The normalized spacial score (nSPS) is 10.8. The molecule has 1 aromatic heterocycles. The zero-order valence-corrected chi connectivity index (χ0v) is 13.8. The van der Waals surface area contributed by atoms with E-state index in [-0.39, 0.29) is 26.0 Å². The number of aromatic nitrogens is 2. The number of anilines is 1. The Labute approximate surface area is 146 Å². The van der Waals surface area contributed by atoms with Gasteiger partial charge in [-0.2, -0.15) is 5.10 Å². The molecule has 0 aliphatic heterocycles. The van der Waals surface area contributed by atoms with Crippen LogP contribution in [0.4, 0.5) is 20.2 Å². The van der Waals surface area contributed by atoms with Crippen molar-refractivity contribution >= 4 is 50.8 Å². The second-order valence-electron chi connectivity index (χ2n) is 4.77. The lowest BCUT2D eigenvalue weighted by atomic mass is 10.2. The molecule has 122 valence electrons. The summed E-state index contributed by atoms with van der Waals surface area (Å²) in [6.45, 7) is 0. The minimum absolute atomic E-state index is 0.0861. The molecule has 0 radical (unpaired) electrons. The SMILES string of the molecule is O=C(Nc1cc(F)c(I)c(F)c1)c1n[nH]c2ccc([N+](=O)[O-])cc12. The van der Waals surface area contributed by atoms with Gasteiger partial charge < -0.3 is 5.32 Å². The molecule has 0 aliphatic rings. The third-order valence-corrected chi connectivity index (χ3v) is 4.24. The third kappa shape index (κ3) is 2.91. The Bertz CT molecular complexity index is 966.